The Morgan fingerprint density at radius 2 is 1.70 bits per heavy atom. The van der Waals surface area contributed by atoms with Crippen LogP contribution in [0.3, 0.4) is 0 Å². The van der Waals surface area contributed by atoms with Crippen LogP contribution in [-0.2, 0) is 17.8 Å². The van der Waals surface area contributed by atoms with E-state index in [0.717, 1.165) is 28.1 Å². The van der Waals surface area contributed by atoms with Gasteiger partial charge in [-0.1, -0.05) is 42.5 Å². The molecule has 0 aliphatic carbocycles. The van der Waals surface area contributed by atoms with Crippen molar-refractivity contribution >= 4 is 11.6 Å². The van der Waals surface area contributed by atoms with Crippen LogP contribution in [0.1, 0.15) is 22.6 Å². The molecule has 0 saturated heterocycles. The molecule has 0 spiro atoms. The van der Waals surface area contributed by atoms with Crippen LogP contribution in [0, 0.1) is 5.82 Å². The van der Waals surface area contributed by atoms with Crippen molar-refractivity contribution in [1.29, 1.82) is 0 Å². The number of ether oxygens (including phenoxy) is 1. The van der Waals surface area contributed by atoms with E-state index in [2.05, 4.69) is 0 Å². The molecule has 0 saturated carbocycles. The summed E-state index contributed by atoms with van der Waals surface area (Å²) < 4.78 is 18.6. The summed E-state index contributed by atoms with van der Waals surface area (Å²) in [5.74, 6) is 0.270. The van der Waals surface area contributed by atoms with Crippen molar-refractivity contribution in [3.63, 3.8) is 0 Å². The minimum absolute atomic E-state index is 0.0615. The van der Waals surface area contributed by atoms with E-state index in [1.54, 1.807) is 24.1 Å². The first-order chi connectivity index (χ1) is 13.2. The molecule has 0 radical (unpaired) electrons. The molecular weight excluding hydrogens is 341 g/mol. The number of hydrogen-bond acceptors (Lipinski definition) is 2. The maximum absolute atomic E-state index is 13.2. The van der Waals surface area contributed by atoms with E-state index in [0.29, 0.717) is 13.0 Å². The molecule has 3 aromatic rings. The predicted molar refractivity (Wildman–Crippen MR) is 103 cm³/mol. The minimum atomic E-state index is -0.279. The Kier molecular flexibility index (Phi) is 4.63. The van der Waals surface area contributed by atoms with Crippen molar-refractivity contribution in [1.82, 2.24) is 0 Å². The van der Waals surface area contributed by atoms with Gasteiger partial charge in [0, 0.05) is 5.69 Å². The second-order valence-electron chi connectivity index (χ2n) is 6.72. The minimum Gasteiger partial charge on any atom is -0.497 e. The Morgan fingerprint density at radius 3 is 2.41 bits per heavy atom. The highest BCUT2D eigenvalue weighted by molar-refractivity contribution is 6.05. The highest BCUT2D eigenvalue weighted by Gasteiger charge is 2.37. The number of benzene rings is 3. The molecule has 4 rings (SSSR count). The smallest absolute Gasteiger partial charge is 0.235 e. The number of methoxy groups -OCH3 is 1. The Morgan fingerprint density at radius 1 is 0.963 bits per heavy atom. The van der Waals surface area contributed by atoms with Crippen molar-refractivity contribution in [2.45, 2.75) is 18.9 Å². The molecule has 1 unspecified atom stereocenters. The summed E-state index contributed by atoms with van der Waals surface area (Å²) >= 11 is 0. The summed E-state index contributed by atoms with van der Waals surface area (Å²) in [5, 5.41) is 0. The summed E-state index contributed by atoms with van der Waals surface area (Å²) in [4.78, 5) is 15.0. The van der Waals surface area contributed by atoms with Crippen molar-refractivity contribution in [3.8, 4) is 5.75 Å². The lowest BCUT2D eigenvalue weighted by Crippen LogP contribution is -2.29. The third-order valence-electron chi connectivity index (χ3n) is 5.00. The number of anilines is 1. The van der Waals surface area contributed by atoms with E-state index in [1.807, 2.05) is 48.5 Å². The molecule has 3 aromatic carbocycles. The third kappa shape index (κ3) is 3.43. The van der Waals surface area contributed by atoms with Crippen molar-refractivity contribution < 1.29 is 13.9 Å². The maximum Gasteiger partial charge on any atom is 0.235 e. The molecule has 27 heavy (non-hydrogen) atoms. The fourth-order valence-corrected chi connectivity index (χ4v) is 3.61. The summed E-state index contributed by atoms with van der Waals surface area (Å²) in [7, 11) is 1.63. The number of amides is 1. The van der Waals surface area contributed by atoms with E-state index >= 15 is 0 Å². The molecule has 1 heterocycles. The Balaban J connectivity index is 1.69. The fraction of sp³-hybridized carbons (Fsp3) is 0.174. The first-order valence-electron chi connectivity index (χ1n) is 8.93. The van der Waals surface area contributed by atoms with Gasteiger partial charge in [-0.3, -0.25) is 4.79 Å². The zero-order valence-corrected chi connectivity index (χ0v) is 15.1. The number of nitrogens with zero attached hydrogens (tertiary/aromatic N) is 1. The van der Waals surface area contributed by atoms with Gasteiger partial charge in [0.25, 0.3) is 0 Å². The average Bonchev–Trinajstić information content (AvgIpc) is 2.95. The molecule has 0 bridgehead atoms. The molecule has 3 nitrogen and oxygen atoms in total. The van der Waals surface area contributed by atoms with Crippen LogP contribution < -0.4 is 9.64 Å². The lowest BCUT2D eigenvalue weighted by molar-refractivity contribution is -0.119. The molecule has 1 aliphatic heterocycles. The Labute approximate surface area is 158 Å². The van der Waals surface area contributed by atoms with E-state index < -0.39 is 0 Å². The van der Waals surface area contributed by atoms with Crippen LogP contribution in [0.5, 0.6) is 5.75 Å². The normalized spacial score (nSPS) is 15.7. The second-order valence-corrected chi connectivity index (χ2v) is 6.72. The topological polar surface area (TPSA) is 29.5 Å². The van der Waals surface area contributed by atoms with E-state index in [1.165, 1.54) is 12.1 Å². The van der Waals surface area contributed by atoms with Gasteiger partial charge >= 0.3 is 0 Å². The van der Waals surface area contributed by atoms with Crippen molar-refractivity contribution in [2.24, 2.45) is 0 Å². The van der Waals surface area contributed by atoms with Gasteiger partial charge in [0.1, 0.15) is 11.6 Å². The van der Waals surface area contributed by atoms with Gasteiger partial charge in [0.2, 0.25) is 5.91 Å². The van der Waals surface area contributed by atoms with Crippen LogP contribution >= 0.6 is 0 Å². The molecule has 4 heteroatoms. The van der Waals surface area contributed by atoms with E-state index in [4.69, 9.17) is 4.74 Å². The highest BCUT2D eigenvalue weighted by atomic mass is 19.1. The Hall–Kier alpha value is -3.14. The van der Waals surface area contributed by atoms with Crippen molar-refractivity contribution in [3.05, 3.63) is 95.3 Å². The molecule has 1 atom stereocenters. The Bertz CT molecular complexity index is 954. The van der Waals surface area contributed by atoms with Gasteiger partial charge in [-0.25, -0.2) is 4.39 Å². The monoisotopic (exact) mass is 361 g/mol. The predicted octanol–water partition coefficient (Wildman–Crippen LogP) is 4.71. The first-order valence-corrected chi connectivity index (χ1v) is 8.93. The highest BCUT2D eigenvalue weighted by Crippen LogP contribution is 2.41. The third-order valence-corrected chi connectivity index (χ3v) is 5.00. The molecule has 0 fully saturated rings. The number of carbonyl (C=O) groups is 1. The number of fused-ring (bicyclic) bond motifs is 1. The van der Waals surface area contributed by atoms with E-state index in [9.17, 15) is 9.18 Å². The molecule has 136 valence electrons. The van der Waals surface area contributed by atoms with Crippen LogP contribution in [-0.4, -0.2) is 13.0 Å². The summed E-state index contributed by atoms with van der Waals surface area (Å²) in [6, 6.07) is 22.0. The first kappa shape index (κ1) is 17.3. The van der Waals surface area contributed by atoms with Gasteiger partial charge in [-0.05, 0) is 53.4 Å². The van der Waals surface area contributed by atoms with Crippen LogP contribution in [0.25, 0.3) is 0 Å². The average molecular weight is 361 g/mol. The van der Waals surface area contributed by atoms with Gasteiger partial charge in [-0.2, -0.15) is 0 Å². The molecule has 1 aliphatic rings. The molecule has 1 amide bonds. The molecular formula is C23H20FNO2. The standard InChI is InChI=1S/C23H20FNO2/c1-27-19-11-12-22-20(14-19)21(13-16-5-3-2-4-6-16)23(26)25(22)15-17-7-9-18(24)10-8-17/h2-12,14,21H,13,15H2,1H3. The van der Waals surface area contributed by atoms with Crippen LogP contribution in [0.15, 0.2) is 72.8 Å². The van der Waals surface area contributed by atoms with Crippen LogP contribution in [0.4, 0.5) is 10.1 Å². The SMILES string of the molecule is COc1ccc2c(c1)C(Cc1ccccc1)C(=O)N2Cc1ccc(F)cc1. The van der Waals surface area contributed by atoms with Crippen molar-refractivity contribution in [2.75, 3.05) is 12.0 Å². The quantitative estimate of drug-likeness (QED) is 0.659. The molecule has 0 aromatic heterocycles. The zero-order chi connectivity index (χ0) is 18.8. The van der Waals surface area contributed by atoms with Crippen LogP contribution in [0.2, 0.25) is 0 Å². The van der Waals surface area contributed by atoms with Gasteiger partial charge < -0.3 is 9.64 Å². The van der Waals surface area contributed by atoms with Gasteiger partial charge in [-0.15, -0.1) is 0 Å². The lowest BCUT2D eigenvalue weighted by atomic mass is 9.93. The summed E-state index contributed by atoms with van der Waals surface area (Å²) in [6.07, 6.45) is 0.639. The number of rotatable bonds is 5. The van der Waals surface area contributed by atoms with Gasteiger partial charge in [0.05, 0.1) is 19.6 Å². The zero-order valence-electron chi connectivity index (χ0n) is 15.1. The summed E-state index contributed by atoms with van der Waals surface area (Å²) in [5.41, 5.74) is 3.89. The molecule has 0 N–H and O–H groups in total. The lowest BCUT2D eigenvalue weighted by Gasteiger charge is -2.18. The number of carbonyl (C=O) groups excluding carboxylic acids is 1. The van der Waals surface area contributed by atoms with Gasteiger partial charge in [0.15, 0.2) is 0 Å². The maximum atomic E-state index is 13.2. The second kappa shape index (κ2) is 7.23. The number of halogens is 1. The number of hydrogen-bond donors (Lipinski definition) is 0. The summed E-state index contributed by atoms with van der Waals surface area (Å²) in [6.45, 7) is 0.420. The largest absolute Gasteiger partial charge is 0.497 e. The fourth-order valence-electron chi connectivity index (χ4n) is 3.61. The van der Waals surface area contributed by atoms with E-state index in [-0.39, 0.29) is 17.6 Å².